The molecule has 6 nitrogen and oxygen atoms in total. The predicted molar refractivity (Wildman–Crippen MR) is 104 cm³/mol. The molecule has 7 heteroatoms. The van der Waals surface area contributed by atoms with Gasteiger partial charge in [-0.15, -0.1) is 0 Å². The molecule has 0 N–H and O–H groups in total. The Morgan fingerprint density at radius 1 is 1.11 bits per heavy atom. The van der Waals surface area contributed by atoms with E-state index in [9.17, 15) is 9.59 Å². The minimum absolute atomic E-state index is 0.00814. The van der Waals surface area contributed by atoms with Gasteiger partial charge in [0.2, 0.25) is 0 Å². The van der Waals surface area contributed by atoms with E-state index in [2.05, 4.69) is 4.99 Å². The molecule has 0 unspecified atom stereocenters. The van der Waals surface area contributed by atoms with Crippen LogP contribution in [-0.2, 0) is 27.3 Å². The molecule has 0 aliphatic heterocycles. The maximum Gasteiger partial charge on any atom is 0.325 e. The van der Waals surface area contributed by atoms with Crippen molar-refractivity contribution in [2.75, 3.05) is 14.2 Å². The van der Waals surface area contributed by atoms with E-state index in [0.717, 1.165) is 27.1 Å². The number of aryl methyl sites for hydroxylation is 1. The molecule has 3 rings (SSSR count). The van der Waals surface area contributed by atoms with Gasteiger partial charge in [-0.3, -0.25) is 9.59 Å². The summed E-state index contributed by atoms with van der Waals surface area (Å²) >= 11 is 1.38. The quantitative estimate of drug-likeness (QED) is 0.634. The minimum atomic E-state index is -0.390. The van der Waals surface area contributed by atoms with E-state index in [1.165, 1.54) is 18.4 Å². The van der Waals surface area contributed by atoms with Crippen molar-refractivity contribution in [2.24, 2.45) is 4.99 Å². The van der Waals surface area contributed by atoms with Gasteiger partial charge in [-0.05, 0) is 42.3 Å². The molecule has 0 aliphatic carbocycles. The molecular weight excluding hydrogens is 364 g/mol. The normalized spacial score (nSPS) is 11.6. The topological polar surface area (TPSA) is 69.9 Å². The van der Waals surface area contributed by atoms with Crippen LogP contribution in [0.2, 0.25) is 0 Å². The summed E-state index contributed by atoms with van der Waals surface area (Å²) in [7, 11) is 2.94. The number of fused-ring (bicyclic) bond motifs is 1. The number of hydrogen-bond acceptors (Lipinski definition) is 5. The molecule has 0 radical (unpaired) electrons. The summed E-state index contributed by atoms with van der Waals surface area (Å²) in [6.07, 6.45) is 0.176. The zero-order chi connectivity index (χ0) is 19.4. The van der Waals surface area contributed by atoms with Gasteiger partial charge in [0.15, 0.2) is 4.80 Å². The fourth-order valence-corrected chi connectivity index (χ4v) is 3.82. The summed E-state index contributed by atoms with van der Waals surface area (Å²) in [5.41, 5.74) is 2.80. The van der Waals surface area contributed by atoms with E-state index in [-0.39, 0.29) is 24.8 Å². The molecule has 1 amide bonds. The molecule has 27 heavy (non-hydrogen) atoms. The molecule has 0 bridgehead atoms. The lowest BCUT2D eigenvalue weighted by atomic mass is 10.1. The highest BCUT2D eigenvalue weighted by molar-refractivity contribution is 7.16. The van der Waals surface area contributed by atoms with E-state index in [4.69, 9.17) is 9.47 Å². The number of thiazole rings is 1. The van der Waals surface area contributed by atoms with Gasteiger partial charge in [0.05, 0.1) is 30.9 Å². The number of benzene rings is 2. The number of carbonyl (C=O) groups is 2. The van der Waals surface area contributed by atoms with Crippen LogP contribution in [0.25, 0.3) is 10.2 Å². The largest absolute Gasteiger partial charge is 0.497 e. The highest BCUT2D eigenvalue weighted by atomic mass is 32.1. The van der Waals surface area contributed by atoms with Crippen molar-refractivity contribution in [3.8, 4) is 5.75 Å². The molecular formula is C20H20N2O4S. The fourth-order valence-electron chi connectivity index (χ4n) is 2.68. The monoisotopic (exact) mass is 384 g/mol. The Labute approximate surface area is 160 Å². The molecule has 0 atom stereocenters. The maximum atomic E-state index is 12.5. The minimum Gasteiger partial charge on any atom is -0.497 e. The second-order valence-corrected chi connectivity index (χ2v) is 7.06. The number of esters is 1. The van der Waals surface area contributed by atoms with Crippen LogP contribution in [0.3, 0.4) is 0 Å². The molecule has 2 aromatic carbocycles. The SMILES string of the molecule is COC(=O)Cn1c(=NC(=O)Cc2ccc(OC)cc2)sc2cc(C)ccc21. The Bertz CT molecular complexity index is 1050. The number of ether oxygens (including phenoxy) is 2. The number of aromatic nitrogens is 1. The summed E-state index contributed by atoms with van der Waals surface area (Å²) in [6.45, 7) is 2.00. The van der Waals surface area contributed by atoms with Crippen molar-refractivity contribution in [1.29, 1.82) is 0 Å². The van der Waals surface area contributed by atoms with Gasteiger partial charge in [-0.1, -0.05) is 29.5 Å². The first-order chi connectivity index (χ1) is 13.0. The van der Waals surface area contributed by atoms with Gasteiger partial charge >= 0.3 is 5.97 Å². The molecule has 0 saturated carbocycles. The van der Waals surface area contributed by atoms with Crippen LogP contribution in [0.5, 0.6) is 5.75 Å². The summed E-state index contributed by atoms with van der Waals surface area (Å²) in [5, 5.41) is 0. The number of hydrogen-bond donors (Lipinski definition) is 0. The molecule has 140 valence electrons. The molecule has 1 aromatic heterocycles. The Kier molecular flexibility index (Phi) is 5.71. The van der Waals surface area contributed by atoms with Gasteiger partial charge in [0, 0.05) is 0 Å². The van der Waals surface area contributed by atoms with Crippen molar-refractivity contribution in [3.63, 3.8) is 0 Å². The van der Waals surface area contributed by atoms with Crippen LogP contribution in [-0.4, -0.2) is 30.7 Å². The highest BCUT2D eigenvalue weighted by Gasteiger charge is 2.12. The van der Waals surface area contributed by atoms with Crippen LogP contribution in [0.1, 0.15) is 11.1 Å². The van der Waals surface area contributed by atoms with Crippen LogP contribution in [0.4, 0.5) is 0 Å². The average Bonchev–Trinajstić information content (AvgIpc) is 2.98. The maximum absolute atomic E-state index is 12.5. The Hall–Kier alpha value is -2.93. The third kappa shape index (κ3) is 4.43. The standard InChI is InChI=1S/C20H20N2O4S/c1-13-4-9-16-17(10-13)27-20(22(16)12-19(24)26-3)21-18(23)11-14-5-7-15(25-2)8-6-14/h4-10H,11-12H2,1-3H3. The van der Waals surface area contributed by atoms with E-state index in [1.54, 1.807) is 11.7 Å². The van der Waals surface area contributed by atoms with E-state index >= 15 is 0 Å². The molecule has 0 saturated heterocycles. The van der Waals surface area contributed by atoms with Gasteiger partial charge in [-0.25, -0.2) is 0 Å². The second-order valence-electron chi connectivity index (χ2n) is 6.05. The van der Waals surface area contributed by atoms with Gasteiger partial charge in [-0.2, -0.15) is 4.99 Å². The summed E-state index contributed by atoms with van der Waals surface area (Å²) in [4.78, 5) is 29.0. The van der Waals surface area contributed by atoms with Crippen molar-refractivity contribution >= 4 is 33.4 Å². The number of nitrogens with zero attached hydrogens (tertiary/aromatic N) is 2. The number of amides is 1. The van der Waals surface area contributed by atoms with Crippen molar-refractivity contribution in [3.05, 3.63) is 58.4 Å². The van der Waals surface area contributed by atoms with Crippen LogP contribution >= 0.6 is 11.3 Å². The zero-order valence-electron chi connectivity index (χ0n) is 15.4. The molecule has 0 fully saturated rings. The highest BCUT2D eigenvalue weighted by Crippen LogP contribution is 2.19. The lowest BCUT2D eigenvalue weighted by Crippen LogP contribution is -2.22. The van der Waals surface area contributed by atoms with Crippen molar-refractivity contribution < 1.29 is 19.1 Å². The summed E-state index contributed by atoms with van der Waals surface area (Å²) < 4.78 is 12.6. The van der Waals surface area contributed by atoms with Crippen molar-refractivity contribution in [1.82, 2.24) is 4.57 Å². The fraction of sp³-hybridized carbons (Fsp3) is 0.250. The Morgan fingerprint density at radius 2 is 1.85 bits per heavy atom. The summed E-state index contributed by atoms with van der Waals surface area (Å²) in [6, 6.07) is 13.2. The second kappa shape index (κ2) is 8.18. The van der Waals surface area contributed by atoms with E-state index in [0.29, 0.717) is 4.80 Å². The van der Waals surface area contributed by atoms with E-state index < -0.39 is 0 Å². The number of methoxy groups -OCH3 is 2. The lowest BCUT2D eigenvalue weighted by Gasteiger charge is -2.04. The first kappa shape index (κ1) is 18.8. The predicted octanol–water partition coefficient (Wildman–Crippen LogP) is 2.86. The van der Waals surface area contributed by atoms with Gasteiger partial charge < -0.3 is 14.0 Å². The Morgan fingerprint density at radius 3 is 2.52 bits per heavy atom. The lowest BCUT2D eigenvalue weighted by molar-refractivity contribution is -0.141. The Balaban J connectivity index is 1.96. The molecule has 0 spiro atoms. The molecule has 0 aliphatic rings. The first-order valence-electron chi connectivity index (χ1n) is 8.37. The third-order valence-electron chi connectivity index (χ3n) is 4.09. The van der Waals surface area contributed by atoms with Crippen LogP contribution in [0, 0.1) is 6.92 Å². The smallest absolute Gasteiger partial charge is 0.325 e. The first-order valence-corrected chi connectivity index (χ1v) is 9.19. The third-order valence-corrected chi connectivity index (χ3v) is 5.13. The number of carbonyl (C=O) groups excluding carboxylic acids is 2. The molecule has 3 aromatic rings. The zero-order valence-corrected chi connectivity index (χ0v) is 16.2. The van der Waals surface area contributed by atoms with Gasteiger partial charge in [0.25, 0.3) is 5.91 Å². The van der Waals surface area contributed by atoms with E-state index in [1.807, 2.05) is 49.4 Å². The van der Waals surface area contributed by atoms with Crippen LogP contribution in [0.15, 0.2) is 47.5 Å². The van der Waals surface area contributed by atoms with Crippen molar-refractivity contribution in [2.45, 2.75) is 19.9 Å². The average molecular weight is 384 g/mol. The van der Waals surface area contributed by atoms with Crippen LogP contribution < -0.4 is 9.54 Å². The number of rotatable bonds is 5. The molecule has 1 heterocycles. The summed E-state index contributed by atoms with van der Waals surface area (Å²) in [5.74, 6) is 0.0697. The van der Waals surface area contributed by atoms with Gasteiger partial charge in [0.1, 0.15) is 12.3 Å².